The van der Waals surface area contributed by atoms with Gasteiger partial charge in [0.2, 0.25) is 5.91 Å². The molecule has 2 aliphatic rings. The highest BCUT2D eigenvalue weighted by Gasteiger charge is 2.24. The van der Waals surface area contributed by atoms with Gasteiger partial charge in [0, 0.05) is 19.1 Å². The zero-order chi connectivity index (χ0) is 11.4. The Hall–Kier alpha value is -0.650. The minimum atomic E-state index is 0.0729. The summed E-state index contributed by atoms with van der Waals surface area (Å²) in [5.41, 5.74) is 5.78. The van der Waals surface area contributed by atoms with Gasteiger partial charge in [0.25, 0.3) is 0 Å². The summed E-state index contributed by atoms with van der Waals surface area (Å²) >= 11 is 0. The van der Waals surface area contributed by atoms with E-state index in [1.807, 2.05) is 0 Å². The molecule has 5 heteroatoms. The normalized spacial score (nSPS) is 30.7. The van der Waals surface area contributed by atoms with Crippen molar-refractivity contribution in [2.45, 2.75) is 31.4 Å². The highest BCUT2D eigenvalue weighted by Crippen LogP contribution is 2.20. The monoisotopic (exact) mass is 228 g/mol. The van der Waals surface area contributed by atoms with Crippen LogP contribution in [0.15, 0.2) is 0 Å². The van der Waals surface area contributed by atoms with Gasteiger partial charge in [0.15, 0.2) is 0 Å². The van der Waals surface area contributed by atoms with Crippen molar-refractivity contribution in [2.24, 2.45) is 5.73 Å². The minimum Gasteiger partial charge on any atom is -0.378 e. The van der Waals surface area contributed by atoms with Crippen molar-refractivity contribution in [1.29, 1.82) is 0 Å². The molecule has 2 N–H and O–H groups in total. The van der Waals surface area contributed by atoms with E-state index in [0.717, 1.165) is 19.3 Å². The van der Waals surface area contributed by atoms with Crippen LogP contribution in [-0.2, 0) is 14.3 Å². The van der Waals surface area contributed by atoms with Crippen molar-refractivity contribution in [3.05, 3.63) is 0 Å². The fourth-order valence-electron chi connectivity index (χ4n) is 2.22. The molecule has 0 aromatic rings. The summed E-state index contributed by atoms with van der Waals surface area (Å²) in [6.45, 7) is 2.84. The molecular weight excluding hydrogens is 208 g/mol. The fourth-order valence-corrected chi connectivity index (χ4v) is 2.22. The Morgan fingerprint density at radius 2 is 2.12 bits per heavy atom. The number of hydrogen-bond acceptors (Lipinski definition) is 4. The molecule has 1 amide bonds. The van der Waals surface area contributed by atoms with Crippen molar-refractivity contribution in [3.8, 4) is 0 Å². The molecule has 5 nitrogen and oxygen atoms in total. The summed E-state index contributed by atoms with van der Waals surface area (Å²) in [6.07, 6.45) is 3.06. The van der Waals surface area contributed by atoms with Gasteiger partial charge in [-0.3, -0.25) is 4.79 Å². The van der Waals surface area contributed by atoms with Gasteiger partial charge in [-0.05, 0) is 19.3 Å². The van der Waals surface area contributed by atoms with Crippen molar-refractivity contribution in [2.75, 3.05) is 32.9 Å². The molecule has 2 atom stereocenters. The SMILES string of the molecule is NC1CCC(OCC(=O)N2CCOCC2)C1. The molecule has 1 heterocycles. The number of rotatable bonds is 3. The van der Waals surface area contributed by atoms with Gasteiger partial charge in [0.1, 0.15) is 6.61 Å². The average Bonchev–Trinajstić information content (AvgIpc) is 2.73. The Balaban J connectivity index is 1.66. The molecule has 2 rings (SSSR count). The van der Waals surface area contributed by atoms with Gasteiger partial charge < -0.3 is 20.1 Å². The van der Waals surface area contributed by atoms with E-state index in [1.54, 1.807) is 4.90 Å². The Bertz CT molecular complexity index is 241. The lowest BCUT2D eigenvalue weighted by atomic mass is 10.3. The van der Waals surface area contributed by atoms with Crippen LogP contribution >= 0.6 is 0 Å². The zero-order valence-corrected chi connectivity index (χ0v) is 9.56. The number of carbonyl (C=O) groups is 1. The van der Waals surface area contributed by atoms with Crippen LogP contribution in [0.2, 0.25) is 0 Å². The topological polar surface area (TPSA) is 64.8 Å². The number of nitrogens with zero attached hydrogens (tertiary/aromatic N) is 1. The maximum Gasteiger partial charge on any atom is 0.248 e. The summed E-state index contributed by atoms with van der Waals surface area (Å²) in [5, 5.41) is 0. The fraction of sp³-hybridized carbons (Fsp3) is 0.909. The molecule has 1 saturated heterocycles. The lowest BCUT2D eigenvalue weighted by molar-refractivity contribution is -0.142. The first-order valence-corrected chi connectivity index (χ1v) is 5.98. The maximum absolute atomic E-state index is 11.8. The van der Waals surface area contributed by atoms with E-state index in [0.29, 0.717) is 26.3 Å². The molecule has 16 heavy (non-hydrogen) atoms. The van der Waals surface area contributed by atoms with Crippen LogP contribution in [0.4, 0.5) is 0 Å². The van der Waals surface area contributed by atoms with Gasteiger partial charge in [-0.1, -0.05) is 0 Å². The third-order valence-corrected chi connectivity index (χ3v) is 3.23. The summed E-state index contributed by atoms with van der Waals surface area (Å²) < 4.78 is 10.8. The van der Waals surface area contributed by atoms with Crippen LogP contribution in [0.25, 0.3) is 0 Å². The first kappa shape index (κ1) is 11.8. The smallest absolute Gasteiger partial charge is 0.248 e. The third-order valence-electron chi connectivity index (χ3n) is 3.23. The van der Waals surface area contributed by atoms with Gasteiger partial charge in [-0.25, -0.2) is 0 Å². The zero-order valence-electron chi connectivity index (χ0n) is 9.56. The Morgan fingerprint density at radius 1 is 1.38 bits per heavy atom. The highest BCUT2D eigenvalue weighted by atomic mass is 16.5. The molecular formula is C11H20N2O3. The molecule has 0 radical (unpaired) electrons. The second-order valence-corrected chi connectivity index (χ2v) is 4.50. The lowest BCUT2D eigenvalue weighted by Crippen LogP contribution is -2.42. The van der Waals surface area contributed by atoms with E-state index < -0.39 is 0 Å². The lowest BCUT2D eigenvalue weighted by Gasteiger charge is -2.27. The maximum atomic E-state index is 11.8. The number of hydrogen-bond donors (Lipinski definition) is 1. The van der Waals surface area contributed by atoms with E-state index in [2.05, 4.69) is 0 Å². The number of nitrogens with two attached hydrogens (primary N) is 1. The predicted octanol–water partition coefficient (Wildman–Crippen LogP) is -0.258. The number of amides is 1. The van der Waals surface area contributed by atoms with Crippen LogP contribution in [0.3, 0.4) is 0 Å². The summed E-state index contributed by atoms with van der Waals surface area (Å²) in [6, 6.07) is 0.253. The molecule has 92 valence electrons. The summed E-state index contributed by atoms with van der Waals surface area (Å²) in [4.78, 5) is 13.6. The number of ether oxygens (including phenoxy) is 2. The molecule has 2 fully saturated rings. The van der Waals surface area contributed by atoms with Crippen LogP contribution in [0.1, 0.15) is 19.3 Å². The standard InChI is InChI=1S/C11H20N2O3/c12-9-1-2-10(7-9)16-8-11(14)13-3-5-15-6-4-13/h9-10H,1-8,12H2. The van der Waals surface area contributed by atoms with Crippen molar-refractivity contribution in [1.82, 2.24) is 4.90 Å². The molecule has 1 saturated carbocycles. The second kappa shape index (κ2) is 5.61. The van der Waals surface area contributed by atoms with Crippen LogP contribution in [0.5, 0.6) is 0 Å². The summed E-state index contributed by atoms with van der Waals surface area (Å²) in [7, 11) is 0. The van der Waals surface area contributed by atoms with Crippen molar-refractivity contribution < 1.29 is 14.3 Å². The third kappa shape index (κ3) is 3.17. The van der Waals surface area contributed by atoms with Crippen LogP contribution in [0, 0.1) is 0 Å². The van der Waals surface area contributed by atoms with Crippen LogP contribution < -0.4 is 5.73 Å². The molecule has 1 aliphatic carbocycles. The average molecular weight is 228 g/mol. The van der Waals surface area contributed by atoms with Gasteiger partial charge >= 0.3 is 0 Å². The molecule has 0 spiro atoms. The van der Waals surface area contributed by atoms with Gasteiger partial charge in [-0.2, -0.15) is 0 Å². The number of carbonyl (C=O) groups excluding carboxylic acids is 1. The Morgan fingerprint density at radius 3 is 2.75 bits per heavy atom. The largest absolute Gasteiger partial charge is 0.378 e. The van der Waals surface area contributed by atoms with E-state index in [9.17, 15) is 4.79 Å². The molecule has 0 aromatic heterocycles. The predicted molar refractivity (Wildman–Crippen MR) is 59.0 cm³/mol. The molecule has 2 unspecified atom stereocenters. The Labute approximate surface area is 95.9 Å². The van der Waals surface area contributed by atoms with Crippen LogP contribution in [-0.4, -0.2) is 55.9 Å². The first-order chi connectivity index (χ1) is 7.75. The van der Waals surface area contributed by atoms with E-state index in [1.165, 1.54) is 0 Å². The molecule has 0 aromatic carbocycles. The highest BCUT2D eigenvalue weighted by molar-refractivity contribution is 5.77. The van der Waals surface area contributed by atoms with E-state index in [4.69, 9.17) is 15.2 Å². The van der Waals surface area contributed by atoms with E-state index in [-0.39, 0.29) is 24.7 Å². The van der Waals surface area contributed by atoms with Gasteiger partial charge in [-0.15, -0.1) is 0 Å². The Kier molecular flexibility index (Phi) is 4.15. The van der Waals surface area contributed by atoms with Crippen molar-refractivity contribution in [3.63, 3.8) is 0 Å². The first-order valence-electron chi connectivity index (χ1n) is 5.98. The molecule has 1 aliphatic heterocycles. The summed E-state index contributed by atoms with van der Waals surface area (Å²) in [5.74, 6) is 0.0729. The quantitative estimate of drug-likeness (QED) is 0.723. The van der Waals surface area contributed by atoms with Crippen molar-refractivity contribution >= 4 is 5.91 Å². The number of morpholine rings is 1. The molecule has 0 bridgehead atoms. The minimum absolute atomic E-state index is 0.0729. The second-order valence-electron chi connectivity index (χ2n) is 4.50. The van der Waals surface area contributed by atoms with E-state index >= 15 is 0 Å². The van der Waals surface area contributed by atoms with Gasteiger partial charge in [0.05, 0.1) is 19.3 Å².